The van der Waals surface area contributed by atoms with Gasteiger partial charge in [0, 0.05) is 5.56 Å². The fourth-order valence-electron chi connectivity index (χ4n) is 5.58. The van der Waals surface area contributed by atoms with Crippen LogP contribution >= 0.6 is 0 Å². The molecule has 0 fully saturated rings. The van der Waals surface area contributed by atoms with Gasteiger partial charge in [0.1, 0.15) is 11.7 Å². The van der Waals surface area contributed by atoms with E-state index in [-0.39, 0.29) is 11.9 Å². The molecule has 0 radical (unpaired) electrons. The summed E-state index contributed by atoms with van der Waals surface area (Å²) >= 11 is 0. The van der Waals surface area contributed by atoms with E-state index in [2.05, 4.69) is 32.9 Å². The van der Waals surface area contributed by atoms with E-state index in [4.69, 9.17) is 4.74 Å². The van der Waals surface area contributed by atoms with Crippen molar-refractivity contribution in [3.05, 3.63) is 64.7 Å². The number of fused-ring (bicyclic) bond motifs is 1. The average Bonchev–Trinajstić information content (AvgIpc) is 3.19. The van der Waals surface area contributed by atoms with Crippen LogP contribution in [0.4, 0.5) is 0 Å². The molecule has 1 heterocycles. The highest BCUT2D eigenvalue weighted by atomic mass is 16.5. The summed E-state index contributed by atoms with van der Waals surface area (Å²) < 4.78 is 5.87. The van der Waals surface area contributed by atoms with E-state index in [0.29, 0.717) is 5.92 Å². The first-order chi connectivity index (χ1) is 17.1. The molecular weight excluding hydrogens is 428 g/mol. The minimum absolute atomic E-state index is 0.137. The lowest BCUT2D eigenvalue weighted by Crippen LogP contribution is -2.11. The van der Waals surface area contributed by atoms with Crippen LogP contribution in [0.15, 0.2) is 42.5 Å². The molecular formula is C33H48O2. The number of carbonyl (C=O) groups is 1. The maximum absolute atomic E-state index is 12.8. The van der Waals surface area contributed by atoms with Crippen LogP contribution in [0.5, 0.6) is 5.75 Å². The molecule has 0 saturated heterocycles. The molecule has 2 unspecified atom stereocenters. The molecule has 0 aromatic heterocycles. The SMILES string of the molecule is CCCCCCCCCCCCCCCCC(C)c1cc(C)cc2c1OC(=O)C2c1ccccc1. The number of carbonyl (C=O) groups excluding carboxylic acids is 1. The monoisotopic (exact) mass is 476 g/mol. The van der Waals surface area contributed by atoms with Crippen LogP contribution in [0.2, 0.25) is 0 Å². The van der Waals surface area contributed by atoms with Crippen LogP contribution in [-0.2, 0) is 4.79 Å². The lowest BCUT2D eigenvalue weighted by Gasteiger charge is -2.16. The Morgan fingerprint density at radius 1 is 0.771 bits per heavy atom. The van der Waals surface area contributed by atoms with Crippen LogP contribution in [0, 0.1) is 6.92 Å². The molecule has 0 aliphatic carbocycles. The number of rotatable bonds is 17. The molecule has 0 N–H and O–H groups in total. The van der Waals surface area contributed by atoms with E-state index in [0.717, 1.165) is 23.3 Å². The summed E-state index contributed by atoms with van der Waals surface area (Å²) in [4.78, 5) is 12.8. The Hall–Kier alpha value is -2.09. The first-order valence-electron chi connectivity index (χ1n) is 14.5. The second kappa shape index (κ2) is 15.1. The zero-order chi connectivity index (χ0) is 24.9. The fraction of sp³-hybridized carbons (Fsp3) is 0.606. The molecule has 0 saturated carbocycles. The Morgan fingerprint density at radius 3 is 1.89 bits per heavy atom. The predicted octanol–water partition coefficient (Wildman–Crippen LogP) is 10.0. The third kappa shape index (κ3) is 8.51. The van der Waals surface area contributed by atoms with Crippen LogP contribution in [0.3, 0.4) is 0 Å². The Morgan fingerprint density at radius 2 is 1.31 bits per heavy atom. The number of esters is 1. The number of hydrogen-bond donors (Lipinski definition) is 0. The first kappa shape index (κ1) is 27.5. The number of ether oxygens (including phenoxy) is 1. The van der Waals surface area contributed by atoms with Gasteiger partial charge in [-0.25, -0.2) is 0 Å². The van der Waals surface area contributed by atoms with Crippen molar-refractivity contribution < 1.29 is 9.53 Å². The largest absolute Gasteiger partial charge is 0.425 e. The van der Waals surface area contributed by atoms with Crippen molar-refractivity contribution in [3.8, 4) is 5.75 Å². The lowest BCUT2D eigenvalue weighted by molar-refractivity contribution is -0.133. The molecule has 0 bridgehead atoms. The summed E-state index contributed by atoms with van der Waals surface area (Å²) in [6.07, 6.45) is 20.6. The van der Waals surface area contributed by atoms with E-state index < -0.39 is 0 Å². The minimum Gasteiger partial charge on any atom is -0.425 e. The van der Waals surface area contributed by atoms with Crippen LogP contribution < -0.4 is 4.74 Å². The van der Waals surface area contributed by atoms with E-state index in [1.165, 1.54) is 101 Å². The molecule has 0 amide bonds. The molecule has 1 aliphatic heterocycles. The minimum atomic E-state index is -0.293. The van der Waals surface area contributed by atoms with Crippen molar-refractivity contribution in [1.82, 2.24) is 0 Å². The van der Waals surface area contributed by atoms with Gasteiger partial charge >= 0.3 is 5.97 Å². The predicted molar refractivity (Wildman–Crippen MR) is 148 cm³/mol. The Bertz CT molecular complexity index is 885. The van der Waals surface area contributed by atoms with Crippen LogP contribution in [-0.4, -0.2) is 5.97 Å². The highest BCUT2D eigenvalue weighted by molar-refractivity contribution is 5.90. The lowest BCUT2D eigenvalue weighted by atomic mass is 9.86. The van der Waals surface area contributed by atoms with Gasteiger partial charge in [0.25, 0.3) is 0 Å². The second-order valence-corrected chi connectivity index (χ2v) is 10.8. The highest BCUT2D eigenvalue weighted by Gasteiger charge is 2.36. The Kier molecular flexibility index (Phi) is 11.9. The van der Waals surface area contributed by atoms with E-state index in [1.54, 1.807) is 0 Å². The zero-order valence-electron chi connectivity index (χ0n) is 22.6. The Labute approximate surface area is 214 Å². The number of unbranched alkanes of at least 4 members (excludes halogenated alkanes) is 13. The molecule has 0 spiro atoms. The van der Waals surface area contributed by atoms with E-state index in [9.17, 15) is 4.79 Å². The van der Waals surface area contributed by atoms with Gasteiger partial charge in [-0.2, -0.15) is 0 Å². The first-order valence-corrected chi connectivity index (χ1v) is 14.5. The number of benzene rings is 2. The molecule has 35 heavy (non-hydrogen) atoms. The summed E-state index contributed by atoms with van der Waals surface area (Å²) in [7, 11) is 0. The average molecular weight is 477 g/mol. The molecule has 2 atom stereocenters. The zero-order valence-corrected chi connectivity index (χ0v) is 22.6. The van der Waals surface area contributed by atoms with E-state index >= 15 is 0 Å². The van der Waals surface area contributed by atoms with Crippen molar-refractivity contribution >= 4 is 5.97 Å². The maximum Gasteiger partial charge on any atom is 0.323 e. The number of aryl methyl sites for hydroxylation is 1. The van der Waals surface area contributed by atoms with Gasteiger partial charge < -0.3 is 4.74 Å². The summed E-state index contributed by atoms with van der Waals surface area (Å²) in [5.74, 6) is 0.801. The normalized spacial score (nSPS) is 15.7. The van der Waals surface area contributed by atoms with Crippen molar-refractivity contribution in [2.24, 2.45) is 0 Å². The van der Waals surface area contributed by atoms with Crippen molar-refractivity contribution in [2.75, 3.05) is 0 Å². The third-order valence-electron chi connectivity index (χ3n) is 7.69. The summed E-state index contributed by atoms with van der Waals surface area (Å²) in [6.45, 7) is 6.71. The summed E-state index contributed by atoms with van der Waals surface area (Å²) in [6, 6.07) is 14.4. The van der Waals surface area contributed by atoms with Gasteiger partial charge in [-0.3, -0.25) is 4.79 Å². The quantitative estimate of drug-likeness (QED) is 0.129. The molecule has 1 aliphatic rings. The van der Waals surface area contributed by atoms with Gasteiger partial charge in [-0.15, -0.1) is 0 Å². The standard InChI is InChI=1S/C33H48O2/c1-4-5-6-7-8-9-10-11-12-13-14-15-16-18-21-27(3)29-24-26(2)25-30-31(33(34)35-32(29)30)28-22-19-17-20-23-28/h17,19-20,22-25,27,31H,4-16,18,21H2,1-3H3. The Balaban J connectivity index is 1.36. The van der Waals surface area contributed by atoms with Gasteiger partial charge in [0.05, 0.1) is 0 Å². The molecule has 192 valence electrons. The topological polar surface area (TPSA) is 26.3 Å². The molecule has 2 nitrogen and oxygen atoms in total. The molecule has 2 aromatic carbocycles. The number of hydrogen-bond acceptors (Lipinski definition) is 2. The van der Waals surface area contributed by atoms with Gasteiger partial charge in [-0.05, 0) is 30.4 Å². The molecule has 3 rings (SSSR count). The summed E-state index contributed by atoms with van der Waals surface area (Å²) in [5, 5.41) is 0. The van der Waals surface area contributed by atoms with Crippen molar-refractivity contribution in [1.29, 1.82) is 0 Å². The molecule has 2 heteroatoms. The van der Waals surface area contributed by atoms with Crippen molar-refractivity contribution in [2.45, 2.75) is 129 Å². The second-order valence-electron chi connectivity index (χ2n) is 10.8. The van der Waals surface area contributed by atoms with Gasteiger partial charge in [-0.1, -0.05) is 152 Å². The molecule has 2 aromatic rings. The van der Waals surface area contributed by atoms with Crippen LogP contribution in [0.25, 0.3) is 0 Å². The highest BCUT2D eigenvalue weighted by Crippen LogP contribution is 2.45. The van der Waals surface area contributed by atoms with E-state index in [1.807, 2.05) is 30.3 Å². The van der Waals surface area contributed by atoms with Crippen molar-refractivity contribution in [3.63, 3.8) is 0 Å². The third-order valence-corrected chi connectivity index (χ3v) is 7.69. The fourth-order valence-corrected chi connectivity index (χ4v) is 5.58. The van der Waals surface area contributed by atoms with Crippen LogP contribution in [0.1, 0.15) is 144 Å². The summed E-state index contributed by atoms with van der Waals surface area (Å²) in [5.41, 5.74) is 4.49. The maximum atomic E-state index is 12.8. The van der Waals surface area contributed by atoms with Gasteiger partial charge in [0.2, 0.25) is 0 Å². The van der Waals surface area contributed by atoms with Gasteiger partial charge in [0.15, 0.2) is 0 Å². The smallest absolute Gasteiger partial charge is 0.323 e.